The molecular weight excluding hydrogens is 228 g/mol. The highest BCUT2D eigenvalue weighted by molar-refractivity contribution is 5.89. The second-order valence-electron chi connectivity index (χ2n) is 5.42. The van der Waals surface area contributed by atoms with Crippen molar-refractivity contribution in [2.45, 2.75) is 38.6 Å². The van der Waals surface area contributed by atoms with Gasteiger partial charge in [-0.15, -0.1) is 5.10 Å². The van der Waals surface area contributed by atoms with Gasteiger partial charge in [-0.3, -0.25) is 5.32 Å². The molecule has 1 aromatic rings. The van der Waals surface area contributed by atoms with Crippen LogP contribution in [0.3, 0.4) is 0 Å². The van der Waals surface area contributed by atoms with Gasteiger partial charge < -0.3 is 4.90 Å². The second-order valence-corrected chi connectivity index (χ2v) is 5.42. The van der Waals surface area contributed by atoms with E-state index in [1.54, 1.807) is 0 Å². The van der Waals surface area contributed by atoms with Gasteiger partial charge in [0.25, 0.3) is 0 Å². The molecule has 2 aliphatic rings. The van der Waals surface area contributed by atoms with E-state index in [0.717, 1.165) is 12.2 Å². The van der Waals surface area contributed by atoms with Gasteiger partial charge in [-0.05, 0) is 37.8 Å². The number of hydrogen-bond donors (Lipinski definition) is 1. The number of hydrogen-bond acceptors (Lipinski definition) is 3. The summed E-state index contributed by atoms with van der Waals surface area (Å²) < 4.78 is 0. The first-order chi connectivity index (χ1) is 8.65. The standard InChI is InChI=1S/C13H18N4O/c1-8-7-17(9(8)2)13(18)14-12-6-5-11(15-16-12)10-3-4-10/h5-6,8-10H,3-4,7H2,1-2H3,(H,14,16,18). The summed E-state index contributed by atoms with van der Waals surface area (Å²) >= 11 is 0. The highest BCUT2D eigenvalue weighted by Gasteiger charge is 2.35. The first-order valence-electron chi connectivity index (χ1n) is 6.56. The lowest BCUT2D eigenvalue weighted by molar-refractivity contribution is 0.0797. The van der Waals surface area contributed by atoms with Crippen LogP contribution in [0.2, 0.25) is 0 Å². The van der Waals surface area contributed by atoms with Gasteiger partial charge in [0.1, 0.15) is 0 Å². The fourth-order valence-electron chi connectivity index (χ4n) is 2.25. The fourth-order valence-corrected chi connectivity index (χ4v) is 2.25. The minimum absolute atomic E-state index is 0.0749. The lowest BCUT2D eigenvalue weighted by Gasteiger charge is -2.44. The van der Waals surface area contributed by atoms with E-state index in [-0.39, 0.29) is 6.03 Å². The van der Waals surface area contributed by atoms with Crippen LogP contribution in [0.15, 0.2) is 12.1 Å². The highest BCUT2D eigenvalue weighted by Crippen LogP contribution is 2.38. The molecule has 5 heteroatoms. The Bertz CT molecular complexity index is 455. The third-order valence-corrected chi connectivity index (χ3v) is 3.98. The monoisotopic (exact) mass is 246 g/mol. The molecule has 0 radical (unpaired) electrons. The number of rotatable bonds is 2. The largest absolute Gasteiger partial charge is 0.323 e. The van der Waals surface area contributed by atoms with E-state index in [1.807, 2.05) is 17.0 Å². The SMILES string of the molecule is CC1CN(C(=O)Nc2ccc(C3CC3)nn2)C1C. The van der Waals surface area contributed by atoms with Gasteiger partial charge in [0.05, 0.1) is 5.69 Å². The maximum atomic E-state index is 11.9. The van der Waals surface area contributed by atoms with Crippen molar-refractivity contribution in [3.05, 3.63) is 17.8 Å². The molecule has 1 saturated heterocycles. The minimum Gasteiger partial charge on any atom is -0.321 e. The Hall–Kier alpha value is -1.65. The molecule has 1 aliphatic heterocycles. The van der Waals surface area contributed by atoms with Gasteiger partial charge in [-0.2, -0.15) is 5.10 Å². The van der Waals surface area contributed by atoms with Crippen LogP contribution in [0, 0.1) is 5.92 Å². The molecule has 1 N–H and O–H groups in total. The Morgan fingerprint density at radius 3 is 2.61 bits per heavy atom. The summed E-state index contributed by atoms with van der Waals surface area (Å²) in [5, 5.41) is 11.0. The number of anilines is 1. The predicted molar refractivity (Wildman–Crippen MR) is 68.4 cm³/mol. The topological polar surface area (TPSA) is 58.1 Å². The lowest BCUT2D eigenvalue weighted by atomic mass is 9.93. The zero-order chi connectivity index (χ0) is 12.7. The van der Waals surface area contributed by atoms with Gasteiger partial charge in [-0.25, -0.2) is 4.79 Å². The van der Waals surface area contributed by atoms with Gasteiger partial charge >= 0.3 is 6.03 Å². The third kappa shape index (κ3) is 2.05. The van der Waals surface area contributed by atoms with E-state index in [1.165, 1.54) is 12.8 Å². The Balaban J connectivity index is 1.60. The van der Waals surface area contributed by atoms with Crippen LogP contribution in [-0.4, -0.2) is 33.7 Å². The fraction of sp³-hybridized carbons (Fsp3) is 0.615. The molecule has 2 amide bonds. The van der Waals surface area contributed by atoms with Crippen LogP contribution in [0.25, 0.3) is 0 Å². The second kappa shape index (κ2) is 4.23. The summed E-state index contributed by atoms with van der Waals surface area (Å²) in [5.41, 5.74) is 1.04. The zero-order valence-corrected chi connectivity index (χ0v) is 10.8. The number of aromatic nitrogens is 2. The maximum Gasteiger partial charge on any atom is 0.323 e. The van der Waals surface area contributed by atoms with Crippen LogP contribution in [0.5, 0.6) is 0 Å². The van der Waals surface area contributed by atoms with E-state index < -0.39 is 0 Å². The molecule has 0 spiro atoms. The van der Waals surface area contributed by atoms with E-state index in [0.29, 0.717) is 23.7 Å². The first-order valence-corrected chi connectivity index (χ1v) is 6.56. The van der Waals surface area contributed by atoms with E-state index >= 15 is 0 Å². The van der Waals surface area contributed by atoms with Gasteiger partial charge in [-0.1, -0.05) is 6.92 Å². The Kier molecular flexibility index (Phi) is 2.69. The summed E-state index contributed by atoms with van der Waals surface area (Å²) in [4.78, 5) is 13.7. The molecule has 2 heterocycles. The molecule has 96 valence electrons. The van der Waals surface area contributed by atoms with Crippen molar-refractivity contribution in [3.8, 4) is 0 Å². The molecule has 0 aromatic carbocycles. The van der Waals surface area contributed by atoms with Crippen molar-refractivity contribution < 1.29 is 4.79 Å². The molecule has 18 heavy (non-hydrogen) atoms. The Labute approximate surface area is 107 Å². The highest BCUT2D eigenvalue weighted by atomic mass is 16.2. The summed E-state index contributed by atoms with van der Waals surface area (Å²) in [6, 6.07) is 4.03. The number of likely N-dealkylation sites (tertiary alicyclic amines) is 1. The molecule has 2 unspecified atom stereocenters. The van der Waals surface area contributed by atoms with Crippen LogP contribution in [0.4, 0.5) is 10.6 Å². The Morgan fingerprint density at radius 1 is 1.33 bits per heavy atom. The quantitative estimate of drug-likeness (QED) is 0.870. The molecule has 1 aromatic heterocycles. The number of carbonyl (C=O) groups is 1. The molecule has 0 bridgehead atoms. The minimum atomic E-state index is -0.0749. The van der Waals surface area contributed by atoms with E-state index in [4.69, 9.17) is 0 Å². The summed E-state index contributed by atoms with van der Waals surface area (Å²) in [6.07, 6.45) is 2.42. The van der Waals surface area contributed by atoms with Gasteiger partial charge in [0.15, 0.2) is 5.82 Å². The van der Waals surface area contributed by atoms with Crippen molar-refractivity contribution >= 4 is 11.8 Å². The van der Waals surface area contributed by atoms with Crippen molar-refractivity contribution in [1.82, 2.24) is 15.1 Å². The molecule has 3 rings (SSSR count). The molecule has 5 nitrogen and oxygen atoms in total. The van der Waals surface area contributed by atoms with Crippen LogP contribution in [0.1, 0.15) is 38.3 Å². The number of carbonyl (C=O) groups excluding carboxylic acids is 1. The summed E-state index contributed by atoms with van der Waals surface area (Å²) in [7, 11) is 0. The molecule has 1 saturated carbocycles. The van der Waals surface area contributed by atoms with Gasteiger partial charge in [0.2, 0.25) is 0 Å². The van der Waals surface area contributed by atoms with Gasteiger partial charge in [0, 0.05) is 18.5 Å². The number of nitrogens with zero attached hydrogens (tertiary/aromatic N) is 3. The van der Waals surface area contributed by atoms with Crippen LogP contribution < -0.4 is 5.32 Å². The first kappa shape index (κ1) is 11.4. The zero-order valence-electron chi connectivity index (χ0n) is 10.8. The van der Waals surface area contributed by atoms with Crippen molar-refractivity contribution in [1.29, 1.82) is 0 Å². The van der Waals surface area contributed by atoms with E-state index in [2.05, 4.69) is 29.4 Å². The maximum absolute atomic E-state index is 11.9. The Morgan fingerprint density at radius 2 is 2.11 bits per heavy atom. The molecule has 2 fully saturated rings. The molecular formula is C13H18N4O. The smallest absolute Gasteiger partial charge is 0.321 e. The van der Waals surface area contributed by atoms with Crippen molar-refractivity contribution in [2.75, 3.05) is 11.9 Å². The molecule has 1 aliphatic carbocycles. The number of urea groups is 1. The average Bonchev–Trinajstić information content (AvgIpc) is 3.20. The van der Waals surface area contributed by atoms with Crippen molar-refractivity contribution in [3.63, 3.8) is 0 Å². The van der Waals surface area contributed by atoms with Crippen LogP contribution in [-0.2, 0) is 0 Å². The summed E-state index contributed by atoms with van der Waals surface area (Å²) in [5.74, 6) is 1.72. The number of nitrogens with one attached hydrogen (secondary N) is 1. The average molecular weight is 246 g/mol. The van der Waals surface area contributed by atoms with Crippen LogP contribution >= 0.6 is 0 Å². The van der Waals surface area contributed by atoms with E-state index in [9.17, 15) is 4.79 Å². The van der Waals surface area contributed by atoms with Crippen molar-refractivity contribution in [2.24, 2.45) is 5.92 Å². The number of amides is 2. The summed E-state index contributed by atoms with van der Waals surface area (Å²) in [6.45, 7) is 5.04. The molecule has 2 atom stereocenters. The lowest BCUT2D eigenvalue weighted by Crippen LogP contribution is -2.57. The normalized spacial score (nSPS) is 26.7. The predicted octanol–water partition coefficient (Wildman–Crippen LogP) is 2.23. The third-order valence-electron chi connectivity index (χ3n) is 3.98.